The molecule has 190 valence electrons. The molecular weight excluding hydrogens is 540 g/mol. The number of carbonyl (C=O) groups is 3. The Labute approximate surface area is 221 Å². The number of nitrogens with two attached hydrogens (primary N) is 1. The van der Waals surface area contributed by atoms with Crippen molar-refractivity contribution in [1.82, 2.24) is 24.8 Å². The lowest BCUT2D eigenvalue weighted by atomic mass is 10.0. The van der Waals surface area contributed by atoms with Crippen molar-refractivity contribution in [2.75, 3.05) is 18.6 Å². The number of hydrogen-bond acceptors (Lipinski definition) is 12. The van der Waals surface area contributed by atoms with Crippen molar-refractivity contribution < 1.29 is 28.9 Å². The van der Waals surface area contributed by atoms with Crippen LogP contribution >= 0.6 is 34.6 Å². The number of thiazole rings is 1. The van der Waals surface area contributed by atoms with Gasteiger partial charge in [-0.15, -0.1) is 28.2 Å². The lowest BCUT2D eigenvalue weighted by molar-refractivity contribution is -0.689. The highest BCUT2D eigenvalue weighted by Gasteiger charge is 2.54. The fraction of sp³-hybridized carbons (Fsp3) is 0.238. The van der Waals surface area contributed by atoms with Crippen molar-refractivity contribution in [3.63, 3.8) is 0 Å². The molecule has 37 heavy (non-hydrogen) atoms. The van der Waals surface area contributed by atoms with Crippen LogP contribution in [0.3, 0.4) is 0 Å². The van der Waals surface area contributed by atoms with Crippen molar-refractivity contribution >= 4 is 63.3 Å². The summed E-state index contributed by atoms with van der Waals surface area (Å²) < 4.78 is 5.69. The zero-order valence-corrected chi connectivity index (χ0v) is 21.5. The molecule has 0 unspecified atom stereocenters. The highest BCUT2D eigenvalue weighted by atomic mass is 32.2. The molecular formula is C21H19N8O5S3+. The third kappa shape index (κ3) is 4.77. The average molecular weight is 560 g/mol. The van der Waals surface area contributed by atoms with Gasteiger partial charge in [0.15, 0.2) is 29.8 Å². The lowest BCUT2D eigenvalue weighted by Gasteiger charge is -2.49. The van der Waals surface area contributed by atoms with E-state index in [-0.39, 0.29) is 28.8 Å². The first kappa shape index (κ1) is 24.8. The van der Waals surface area contributed by atoms with Gasteiger partial charge in [0.05, 0.1) is 0 Å². The number of rotatable bonds is 8. The van der Waals surface area contributed by atoms with Crippen LogP contribution < -0.4 is 15.6 Å². The van der Waals surface area contributed by atoms with E-state index < -0.39 is 29.2 Å². The normalized spacial score (nSPS) is 19.3. The zero-order chi connectivity index (χ0) is 26.1. The van der Waals surface area contributed by atoms with E-state index >= 15 is 0 Å². The molecule has 3 aromatic heterocycles. The molecule has 13 nitrogen and oxygen atoms in total. The number of amides is 2. The van der Waals surface area contributed by atoms with E-state index in [4.69, 9.17) is 10.6 Å². The number of aromatic nitrogens is 4. The molecule has 0 aliphatic carbocycles. The number of carboxylic acid groups (broad SMARTS) is 1. The maximum atomic E-state index is 13.0. The van der Waals surface area contributed by atoms with Crippen LogP contribution in [0.15, 0.2) is 51.7 Å². The Hall–Kier alpha value is -3.89. The molecule has 5 rings (SSSR count). The smallest absolute Gasteiger partial charge is 0.352 e. The molecule has 2 atom stereocenters. The molecule has 5 heterocycles. The van der Waals surface area contributed by atoms with E-state index in [9.17, 15) is 19.5 Å². The minimum absolute atomic E-state index is 0.0717. The number of hydrogen-bond donors (Lipinski definition) is 3. The number of carboxylic acids is 1. The maximum absolute atomic E-state index is 13.0. The first-order valence-electron chi connectivity index (χ1n) is 10.7. The molecule has 16 heteroatoms. The van der Waals surface area contributed by atoms with E-state index in [1.807, 2.05) is 34.5 Å². The molecule has 0 bridgehead atoms. The second-order valence-corrected chi connectivity index (χ2v) is 10.5. The number of aliphatic carboxylic acids is 1. The minimum atomic E-state index is -1.20. The van der Waals surface area contributed by atoms with Crippen LogP contribution in [0.5, 0.6) is 0 Å². The van der Waals surface area contributed by atoms with E-state index in [0.717, 1.165) is 22.6 Å². The first-order chi connectivity index (χ1) is 17.9. The highest BCUT2D eigenvalue weighted by Crippen LogP contribution is 2.40. The molecule has 3 aromatic rings. The van der Waals surface area contributed by atoms with E-state index in [2.05, 4.69) is 25.0 Å². The van der Waals surface area contributed by atoms with Gasteiger partial charge in [-0.2, -0.15) is 0 Å². The highest BCUT2D eigenvalue weighted by molar-refractivity contribution is 8.00. The van der Waals surface area contributed by atoms with Gasteiger partial charge in [-0.1, -0.05) is 9.64 Å². The summed E-state index contributed by atoms with van der Waals surface area (Å²) in [6.45, 7) is 0.285. The minimum Gasteiger partial charge on any atom is -0.477 e. The number of nitrogens with one attached hydrogen (secondary N) is 1. The van der Waals surface area contributed by atoms with Crippen LogP contribution in [-0.4, -0.2) is 72.4 Å². The third-order valence-electron chi connectivity index (χ3n) is 5.62. The molecule has 0 saturated carbocycles. The molecule has 4 N–H and O–H groups in total. The topological polar surface area (TPSA) is 177 Å². The monoisotopic (exact) mass is 559 g/mol. The first-order valence-corrected chi connectivity index (χ1v) is 13.4. The van der Waals surface area contributed by atoms with Crippen LogP contribution in [0.2, 0.25) is 0 Å². The van der Waals surface area contributed by atoms with Gasteiger partial charge in [0.2, 0.25) is 0 Å². The predicted molar refractivity (Wildman–Crippen MR) is 135 cm³/mol. The molecule has 2 amide bonds. The number of pyridine rings is 1. The number of oxime groups is 1. The molecule has 2 aliphatic rings. The Bertz CT molecular complexity index is 1420. The Kier molecular flexibility index (Phi) is 6.86. The van der Waals surface area contributed by atoms with Crippen molar-refractivity contribution in [3.8, 4) is 11.3 Å². The predicted octanol–water partition coefficient (Wildman–Crippen LogP) is 0.321. The number of nitrogens with zero attached hydrogens (tertiary/aromatic N) is 6. The van der Waals surface area contributed by atoms with E-state index in [1.165, 1.54) is 35.3 Å². The summed E-state index contributed by atoms with van der Waals surface area (Å²) in [7, 11) is 1.28. The molecule has 1 saturated heterocycles. The number of carbonyl (C=O) groups excluding carboxylic acids is 2. The summed E-state index contributed by atoms with van der Waals surface area (Å²) in [6.07, 6.45) is 3.64. The quantitative estimate of drug-likeness (QED) is 0.151. The fourth-order valence-electron chi connectivity index (χ4n) is 3.95. The van der Waals surface area contributed by atoms with Gasteiger partial charge < -0.3 is 21.0 Å². The average Bonchev–Trinajstić information content (AvgIpc) is 3.58. The number of β-lactam (4-membered cyclic amide) rings is 1. The van der Waals surface area contributed by atoms with Crippen molar-refractivity contribution in [1.29, 1.82) is 0 Å². The summed E-state index contributed by atoms with van der Waals surface area (Å²) >= 11 is 3.76. The maximum Gasteiger partial charge on any atom is 0.352 e. The number of fused-ring (bicyclic) bond motifs is 1. The molecule has 0 aromatic carbocycles. The van der Waals surface area contributed by atoms with Gasteiger partial charge in [0.25, 0.3) is 11.8 Å². The summed E-state index contributed by atoms with van der Waals surface area (Å²) in [5.74, 6) is -2.03. The molecule has 0 radical (unpaired) electrons. The van der Waals surface area contributed by atoms with Gasteiger partial charge in [-0.05, 0) is 11.5 Å². The molecule has 1 fully saturated rings. The summed E-state index contributed by atoms with van der Waals surface area (Å²) in [6, 6.07) is 2.81. The largest absolute Gasteiger partial charge is 0.477 e. The van der Waals surface area contributed by atoms with E-state index in [0.29, 0.717) is 11.3 Å². The van der Waals surface area contributed by atoms with Crippen molar-refractivity contribution in [3.05, 3.63) is 52.3 Å². The van der Waals surface area contributed by atoms with Crippen LogP contribution in [0.25, 0.3) is 11.3 Å². The molecule has 0 spiro atoms. The summed E-state index contributed by atoms with van der Waals surface area (Å²) in [5, 5.41) is 23.4. The van der Waals surface area contributed by atoms with Gasteiger partial charge in [-0.25, -0.2) is 14.3 Å². The van der Waals surface area contributed by atoms with Gasteiger partial charge in [0.1, 0.15) is 35.6 Å². The zero-order valence-electron chi connectivity index (χ0n) is 19.1. The second-order valence-electron chi connectivity index (χ2n) is 7.86. The number of thioether (sulfide) groups is 1. The van der Waals surface area contributed by atoms with Crippen LogP contribution in [0, 0.1) is 0 Å². The van der Waals surface area contributed by atoms with Gasteiger partial charge >= 0.3 is 5.97 Å². The van der Waals surface area contributed by atoms with Crippen molar-refractivity contribution in [2.24, 2.45) is 5.16 Å². The van der Waals surface area contributed by atoms with Crippen LogP contribution in [-0.2, 0) is 25.8 Å². The lowest BCUT2D eigenvalue weighted by Crippen LogP contribution is -2.71. The Morgan fingerprint density at radius 3 is 2.76 bits per heavy atom. The van der Waals surface area contributed by atoms with Crippen molar-refractivity contribution in [2.45, 2.75) is 18.0 Å². The number of anilines is 1. The summed E-state index contributed by atoms with van der Waals surface area (Å²) in [5.41, 5.74) is 7.89. The second kappa shape index (κ2) is 10.2. The third-order valence-corrected chi connectivity index (χ3v) is 8.14. The van der Waals surface area contributed by atoms with Crippen LogP contribution in [0.4, 0.5) is 5.13 Å². The standard InChI is InChI=1S/C21H18N8O5S3/c1-34-26-14(13-8-36-21(22)23-13)17(30)24-15-18(31)29-16(20(32)33)11(7-35-19(15)29)6-28-4-2-10(3-5-28)12-9-37-27-25-12/h2-5,8-9,15,19H,6-7H2,1H3,(H3-,22,23,24,30,32,33)/p+1/t15-,19+/m1/s1. The fourth-order valence-corrected chi connectivity index (χ4v) is 6.30. The van der Waals surface area contributed by atoms with Crippen LogP contribution in [0.1, 0.15) is 5.69 Å². The SMILES string of the molecule is CON=C(C(=O)N[C@@H]1C(=O)N2C(C(=O)O)=C(C[n+]3ccc(-c4csnn4)cc3)CS[C@@H]12)c1csc(N)n1. The Morgan fingerprint density at radius 1 is 1.35 bits per heavy atom. The summed E-state index contributed by atoms with van der Waals surface area (Å²) in [4.78, 5) is 48.1. The van der Waals surface area contributed by atoms with Gasteiger partial charge in [0, 0.05) is 39.8 Å². The Morgan fingerprint density at radius 2 is 2.14 bits per heavy atom. The molecule has 2 aliphatic heterocycles. The Balaban J connectivity index is 1.32. The van der Waals surface area contributed by atoms with E-state index in [1.54, 1.807) is 5.38 Å². The number of nitrogen functional groups attached to an aromatic ring is 1. The van der Waals surface area contributed by atoms with Gasteiger partial charge in [-0.3, -0.25) is 14.5 Å².